The molecule has 94 valence electrons. The van der Waals surface area contributed by atoms with Crippen LogP contribution in [0.4, 0.5) is 13.2 Å². The first-order valence-electron chi connectivity index (χ1n) is 5.03. The fourth-order valence-electron chi connectivity index (χ4n) is 1.42. The third kappa shape index (κ3) is 3.43. The molecule has 0 aliphatic carbocycles. The van der Waals surface area contributed by atoms with Crippen molar-refractivity contribution in [3.8, 4) is 0 Å². The molecule has 2 atom stereocenters. The number of ether oxygens (including phenoxy) is 2. The molecular weight excluding hydrogens is 301 g/mol. The van der Waals surface area contributed by atoms with Gasteiger partial charge in [0.05, 0.1) is 13.2 Å². The lowest BCUT2D eigenvalue weighted by molar-refractivity contribution is -0.224. The highest BCUT2D eigenvalue weighted by Crippen LogP contribution is 2.39. The molecule has 1 aliphatic rings. The molecule has 6 heteroatoms. The van der Waals surface area contributed by atoms with Gasteiger partial charge in [0.25, 0.3) is 0 Å². The predicted molar refractivity (Wildman–Crippen MR) is 58.6 cm³/mol. The Morgan fingerprint density at radius 2 is 2.06 bits per heavy atom. The van der Waals surface area contributed by atoms with E-state index < -0.39 is 12.3 Å². The zero-order valence-electron chi connectivity index (χ0n) is 8.71. The van der Waals surface area contributed by atoms with Crippen LogP contribution in [0.2, 0.25) is 0 Å². The van der Waals surface area contributed by atoms with Gasteiger partial charge in [0.1, 0.15) is 6.10 Å². The van der Waals surface area contributed by atoms with E-state index in [0.717, 1.165) is 0 Å². The Balaban J connectivity index is 2.16. The van der Waals surface area contributed by atoms with E-state index in [4.69, 9.17) is 9.47 Å². The summed E-state index contributed by atoms with van der Waals surface area (Å²) in [7, 11) is 0. The summed E-state index contributed by atoms with van der Waals surface area (Å²) in [6.45, 7) is 0.437. The number of halogens is 4. The molecule has 1 aliphatic heterocycles. The van der Waals surface area contributed by atoms with E-state index in [2.05, 4.69) is 15.9 Å². The molecule has 1 heterocycles. The third-order valence-corrected chi connectivity index (χ3v) is 3.06. The Bertz CT molecular complexity index is 391. The maximum absolute atomic E-state index is 12.9. The average molecular weight is 311 g/mol. The van der Waals surface area contributed by atoms with Gasteiger partial charge >= 0.3 is 6.18 Å². The molecule has 1 aromatic carbocycles. The number of hydrogen-bond acceptors (Lipinski definition) is 2. The highest BCUT2D eigenvalue weighted by molar-refractivity contribution is 9.10. The monoisotopic (exact) mass is 310 g/mol. The summed E-state index contributed by atoms with van der Waals surface area (Å²) in [5.74, 6) is 0. The van der Waals surface area contributed by atoms with Crippen molar-refractivity contribution in [2.75, 3.05) is 13.2 Å². The van der Waals surface area contributed by atoms with Crippen LogP contribution in [0.15, 0.2) is 28.7 Å². The van der Waals surface area contributed by atoms with Crippen molar-refractivity contribution in [1.82, 2.24) is 0 Å². The number of alkyl halides is 3. The number of benzene rings is 1. The lowest BCUT2D eigenvalue weighted by atomic mass is 10.1. The smallest absolute Gasteiger partial charge is 0.371 e. The molecule has 0 amide bonds. The zero-order valence-corrected chi connectivity index (χ0v) is 10.3. The maximum Gasteiger partial charge on any atom is 0.418 e. The van der Waals surface area contributed by atoms with Crippen molar-refractivity contribution in [2.45, 2.75) is 18.4 Å². The first kappa shape index (κ1) is 12.9. The van der Waals surface area contributed by atoms with Crippen molar-refractivity contribution in [1.29, 1.82) is 0 Å². The Morgan fingerprint density at radius 3 is 2.59 bits per heavy atom. The first-order chi connectivity index (χ1) is 7.98. The van der Waals surface area contributed by atoms with Gasteiger partial charge < -0.3 is 9.47 Å². The Labute approximate surface area is 105 Å². The number of hydrogen-bond donors (Lipinski definition) is 0. The molecule has 0 radical (unpaired) electrons. The van der Waals surface area contributed by atoms with E-state index in [1.807, 2.05) is 0 Å². The van der Waals surface area contributed by atoms with Gasteiger partial charge in [-0.2, -0.15) is 13.2 Å². The molecule has 1 saturated heterocycles. The number of epoxide rings is 1. The van der Waals surface area contributed by atoms with Crippen molar-refractivity contribution >= 4 is 15.9 Å². The van der Waals surface area contributed by atoms with E-state index in [9.17, 15) is 13.2 Å². The van der Waals surface area contributed by atoms with Crippen LogP contribution >= 0.6 is 15.9 Å². The minimum Gasteiger partial charge on any atom is -0.371 e. The SMILES string of the molecule is FC(F)(F)C(OCC1CO1)c1ccccc1Br. The second kappa shape index (κ2) is 4.96. The van der Waals surface area contributed by atoms with Crippen LogP contribution in [-0.2, 0) is 9.47 Å². The van der Waals surface area contributed by atoms with Gasteiger partial charge in [-0.1, -0.05) is 34.1 Å². The molecular formula is C11H10BrF3O2. The molecule has 1 aromatic rings. The van der Waals surface area contributed by atoms with E-state index in [-0.39, 0.29) is 18.3 Å². The summed E-state index contributed by atoms with van der Waals surface area (Å²) < 4.78 is 48.7. The fraction of sp³-hybridized carbons (Fsp3) is 0.455. The molecule has 2 rings (SSSR count). The largest absolute Gasteiger partial charge is 0.418 e. The number of rotatable bonds is 4. The molecule has 0 saturated carbocycles. The van der Waals surface area contributed by atoms with Crippen molar-refractivity contribution in [3.05, 3.63) is 34.3 Å². The van der Waals surface area contributed by atoms with Gasteiger partial charge in [-0.05, 0) is 6.07 Å². The first-order valence-corrected chi connectivity index (χ1v) is 5.82. The summed E-state index contributed by atoms with van der Waals surface area (Å²) in [5, 5.41) is 0. The zero-order chi connectivity index (χ0) is 12.5. The summed E-state index contributed by atoms with van der Waals surface area (Å²) >= 11 is 3.10. The lowest BCUT2D eigenvalue weighted by Gasteiger charge is -2.21. The molecule has 1 fully saturated rings. The predicted octanol–water partition coefficient (Wildman–Crippen LogP) is 3.47. The van der Waals surface area contributed by atoms with Gasteiger partial charge in [-0.15, -0.1) is 0 Å². The van der Waals surface area contributed by atoms with Crippen molar-refractivity contribution in [2.24, 2.45) is 0 Å². The highest BCUT2D eigenvalue weighted by atomic mass is 79.9. The molecule has 0 N–H and O–H groups in total. The molecule has 2 unspecified atom stereocenters. The quantitative estimate of drug-likeness (QED) is 0.794. The van der Waals surface area contributed by atoms with Crippen LogP contribution in [0, 0.1) is 0 Å². The van der Waals surface area contributed by atoms with E-state index >= 15 is 0 Å². The van der Waals surface area contributed by atoms with E-state index in [0.29, 0.717) is 11.1 Å². The summed E-state index contributed by atoms with van der Waals surface area (Å²) in [6.07, 6.45) is -6.54. The standard InChI is InChI=1S/C11H10BrF3O2/c12-9-4-2-1-3-8(9)10(11(13,14)15)17-6-7-5-16-7/h1-4,7,10H,5-6H2. The van der Waals surface area contributed by atoms with E-state index in [1.165, 1.54) is 6.07 Å². The van der Waals surface area contributed by atoms with Crippen LogP contribution in [0.5, 0.6) is 0 Å². The Morgan fingerprint density at radius 1 is 1.41 bits per heavy atom. The summed E-state index contributed by atoms with van der Waals surface area (Å²) in [4.78, 5) is 0. The van der Waals surface area contributed by atoms with Crippen LogP contribution < -0.4 is 0 Å². The molecule has 0 aromatic heterocycles. The van der Waals surface area contributed by atoms with Crippen LogP contribution in [0.1, 0.15) is 11.7 Å². The highest BCUT2D eigenvalue weighted by Gasteiger charge is 2.43. The lowest BCUT2D eigenvalue weighted by Crippen LogP contribution is -2.25. The normalized spacial score (nSPS) is 21.3. The van der Waals surface area contributed by atoms with Gasteiger partial charge in [-0.25, -0.2) is 0 Å². The minimum absolute atomic E-state index is 0.0362. The molecule has 17 heavy (non-hydrogen) atoms. The van der Waals surface area contributed by atoms with Crippen LogP contribution in [0.25, 0.3) is 0 Å². The van der Waals surface area contributed by atoms with Gasteiger partial charge in [0.15, 0.2) is 6.10 Å². The van der Waals surface area contributed by atoms with Crippen LogP contribution in [-0.4, -0.2) is 25.5 Å². The average Bonchev–Trinajstić information content (AvgIpc) is 3.03. The second-order valence-electron chi connectivity index (χ2n) is 3.73. The topological polar surface area (TPSA) is 21.8 Å². The van der Waals surface area contributed by atoms with Gasteiger partial charge in [0.2, 0.25) is 0 Å². The van der Waals surface area contributed by atoms with Gasteiger partial charge in [0, 0.05) is 10.0 Å². The molecule has 0 bridgehead atoms. The molecule has 0 spiro atoms. The maximum atomic E-state index is 12.9. The van der Waals surface area contributed by atoms with E-state index in [1.54, 1.807) is 18.2 Å². The molecule has 2 nitrogen and oxygen atoms in total. The van der Waals surface area contributed by atoms with Gasteiger partial charge in [-0.3, -0.25) is 0 Å². The summed E-state index contributed by atoms with van der Waals surface area (Å²) in [5.41, 5.74) is 0.0839. The second-order valence-corrected chi connectivity index (χ2v) is 4.59. The Kier molecular flexibility index (Phi) is 3.75. The minimum atomic E-state index is -4.43. The van der Waals surface area contributed by atoms with Crippen molar-refractivity contribution in [3.63, 3.8) is 0 Å². The Hall–Kier alpha value is -0.590. The summed E-state index contributed by atoms with van der Waals surface area (Å²) in [6, 6.07) is 6.17. The third-order valence-electron chi connectivity index (χ3n) is 2.34. The van der Waals surface area contributed by atoms with Crippen molar-refractivity contribution < 1.29 is 22.6 Å². The van der Waals surface area contributed by atoms with Crippen LogP contribution in [0.3, 0.4) is 0 Å². The fourth-order valence-corrected chi connectivity index (χ4v) is 1.91.